The van der Waals surface area contributed by atoms with Crippen molar-refractivity contribution in [3.63, 3.8) is 0 Å². The van der Waals surface area contributed by atoms with Crippen molar-refractivity contribution in [3.8, 4) is 0 Å². The molecule has 0 N–H and O–H groups in total. The number of benzene rings is 3. The van der Waals surface area contributed by atoms with Gasteiger partial charge in [-0.2, -0.15) is 13.2 Å². The summed E-state index contributed by atoms with van der Waals surface area (Å²) in [5.41, 5.74) is 3.17. The highest BCUT2D eigenvalue weighted by Crippen LogP contribution is 2.53. The minimum absolute atomic E-state index is 0.0379. The number of alkyl halides is 3. The number of fused-ring (bicyclic) bond motifs is 3. The smallest absolute Gasteiger partial charge is 0.373 e. The zero-order chi connectivity index (χ0) is 21.4. The Bertz CT molecular complexity index is 1040. The maximum Gasteiger partial charge on any atom is 0.416 e. The molecule has 3 aromatic rings. The van der Waals surface area contributed by atoms with Gasteiger partial charge in [0.15, 0.2) is 0 Å². The van der Waals surface area contributed by atoms with E-state index < -0.39 is 11.7 Å². The third-order valence-corrected chi connectivity index (χ3v) is 6.42. The van der Waals surface area contributed by atoms with Gasteiger partial charge >= 0.3 is 6.18 Å². The van der Waals surface area contributed by atoms with Gasteiger partial charge in [0.25, 0.3) is 0 Å². The normalized spacial score (nSPS) is 23.2. The number of rotatable bonds is 3. The lowest BCUT2D eigenvalue weighted by molar-refractivity contribution is -0.137. The first-order valence-corrected chi connectivity index (χ1v) is 10.7. The second kappa shape index (κ2) is 8.04. The van der Waals surface area contributed by atoms with Crippen molar-refractivity contribution in [2.45, 2.75) is 37.7 Å². The van der Waals surface area contributed by atoms with E-state index in [0.29, 0.717) is 18.7 Å². The van der Waals surface area contributed by atoms with Crippen molar-refractivity contribution in [1.29, 1.82) is 0 Å². The molecule has 1 saturated heterocycles. The van der Waals surface area contributed by atoms with E-state index in [9.17, 15) is 13.2 Å². The first-order valence-electron chi connectivity index (χ1n) is 10.7. The highest BCUT2D eigenvalue weighted by Gasteiger charge is 2.45. The number of nitrogens with zero attached hydrogens (tertiary/aromatic N) is 1. The Morgan fingerprint density at radius 1 is 0.903 bits per heavy atom. The van der Waals surface area contributed by atoms with Crippen LogP contribution in [0.4, 0.5) is 18.9 Å². The summed E-state index contributed by atoms with van der Waals surface area (Å²) in [5.74, 6) is 0.0934. The quantitative estimate of drug-likeness (QED) is 0.453. The average Bonchev–Trinajstić information content (AvgIpc) is 2.79. The molecule has 0 radical (unpaired) electrons. The molecule has 3 atom stereocenters. The Hall–Kier alpha value is -2.79. The van der Waals surface area contributed by atoms with Gasteiger partial charge in [0.1, 0.15) is 0 Å². The summed E-state index contributed by atoms with van der Waals surface area (Å²) in [5, 5.41) is 0. The van der Waals surface area contributed by atoms with Crippen LogP contribution in [0, 0.1) is 5.92 Å². The van der Waals surface area contributed by atoms with Crippen LogP contribution in [-0.2, 0) is 17.5 Å². The fourth-order valence-corrected chi connectivity index (χ4v) is 5.09. The van der Waals surface area contributed by atoms with E-state index >= 15 is 0 Å². The maximum atomic E-state index is 13.5. The van der Waals surface area contributed by atoms with E-state index in [4.69, 9.17) is 4.74 Å². The minimum Gasteiger partial charge on any atom is -0.373 e. The minimum atomic E-state index is -4.38. The molecule has 0 unspecified atom stereocenters. The summed E-state index contributed by atoms with van der Waals surface area (Å²) < 4.78 is 46.7. The molecule has 0 aromatic heterocycles. The molecule has 2 aliphatic heterocycles. The Kier molecular flexibility index (Phi) is 5.22. The predicted molar refractivity (Wildman–Crippen MR) is 115 cm³/mol. The van der Waals surface area contributed by atoms with Gasteiger partial charge in [0, 0.05) is 30.3 Å². The van der Waals surface area contributed by atoms with Gasteiger partial charge in [-0.3, -0.25) is 0 Å². The molecule has 1 fully saturated rings. The summed E-state index contributed by atoms with van der Waals surface area (Å²) in [6, 6.07) is 24.5. The first-order chi connectivity index (χ1) is 15.0. The highest BCUT2D eigenvalue weighted by atomic mass is 19.4. The first kappa shape index (κ1) is 20.1. The molecule has 0 aliphatic carbocycles. The van der Waals surface area contributed by atoms with Gasteiger partial charge in [-0.05, 0) is 42.2 Å². The van der Waals surface area contributed by atoms with Crippen LogP contribution in [0.1, 0.15) is 47.2 Å². The van der Waals surface area contributed by atoms with Crippen molar-refractivity contribution < 1.29 is 17.9 Å². The van der Waals surface area contributed by atoms with Crippen molar-refractivity contribution in [2.24, 2.45) is 5.92 Å². The van der Waals surface area contributed by atoms with E-state index in [-0.39, 0.29) is 18.1 Å². The molecule has 160 valence electrons. The molecule has 0 bridgehead atoms. The van der Waals surface area contributed by atoms with Gasteiger partial charge < -0.3 is 9.64 Å². The largest absolute Gasteiger partial charge is 0.416 e. The van der Waals surface area contributed by atoms with Gasteiger partial charge in [0.05, 0.1) is 17.7 Å². The molecule has 0 spiro atoms. The van der Waals surface area contributed by atoms with Crippen LogP contribution in [-0.4, -0.2) is 6.61 Å². The van der Waals surface area contributed by atoms with Crippen LogP contribution in [0.2, 0.25) is 0 Å². The standard InChI is InChI=1S/C26H24F3NO/c27-26(28,29)20-13-14-23-22(16-20)25-21(12-7-15-31-25)24(19-10-5-2-6-11-19)30(23)17-18-8-3-1-4-9-18/h1-6,8-11,13-14,16,21,24-25H,7,12,15,17H2/t21-,24-,25-/m0/s1. The van der Waals surface area contributed by atoms with Gasteiger partial charge in [-0.15, -0.1) is 0 Å². The Balaban J connectivity index is 1.67. The van der Waals surface area contributed by atoms with E-state index in [0.717, 1.165) is 24.1 Å². The summed E-state index contributed by atoms with van der Waals surface area (Å²) in [4.78, 5) is 2.27. The zero-order valence-corrected chi connectivity index (χ0v) is 17.1. The molecule has 0 amide bonds. The van der Waals surface area contributed by atoms with E-state index in [1.807, 2.05) is 36.4 Å². The third-order valence-electron chi connectivity index (χ3n) is 6.42. The number of hydrogen-bond donors (Lipinski definition) is 0. The summed E-state index contributed by atoms with van der Waals surface area (Å²) in [6.45, 7) is 1.21. The molecule has 5 rings (SSSR count). The van der Waals surface area contributed by atoms with Crippen LogP contribution >= 0.6 is 0 Å². The molecule has 5 heteroatoms. The fraction of sp³-hybridized carbons (Fsp3) is 0.308. The van der Waals surface area contributed by atoms with Gasteiger partial charge in [-0.1, -0.05) is 60.7 Å². The monoisotopic (exact) mass is 423 g/mol. The van der Waals surface area contributed by atoms with Crippen LogP contribution in [0.5, 0.6) is 0 Å². The van der Waals surface area contributed by atoms with Crippen LogP contribution in [0.15, 0.2) is 78.9 Å². The average molecular weight is 423 g/mol. The maximum absolute atomic E-state index is 13.5. The number of halogens is 3. The summed E-state index contributed by atoms with van der Waals surface area (Å²) in [6.07, 6.45) is -2.87. The van der Waals surface area contributed by atoms with Gasteiger partial charge in [-0.25, -0.2) is 0 Å². The molecular weight excluding hydrogens is 399 g/mol. The number of ether oxygens (including phenoxy) is 1. The second-order valence-corrected chi connectivity index (χ2v) is 8.34. The lowest BCUT2D eigenvalue weighted by Gasteiger charge is -2.49. The lowest BCUT2D eigenvalue weighted by atomic mass is 9.75. The lowest BCUT2D eigenvalue weighted by Crippen LogP contribution is -2.43. The van der Waals surface area contributed by atoms with Gasteiger partial charge in [0.2, 0.25) is 0 Å². The van der Waals surface area contributed by atoms with Crippen molar-refractivity contribution in [1.82, 2.24) is 0 Å². The SMILES string of the molecule is FC(F)(F)c1ccc2c(c1)[C@H]1OCCC[C@H]1[C@H](c1ccccc1)N2Cc1ccccc1. The molecular formula is C26H24F3NO. The molecule has 31 heavy (non-hydrogen) atoms. The van der Waals surface area contributed by atoms with E-state index in [2.05, 4.69) is 29.2 Å². The van der Waals surface area contributed by atoms with Crippen LogP contribution < -0.4 is 4.90 Å². The molecule has 2 nitrogen and oxygen atoms in total. The Morgan fingerprint density at radius 2 is 1.61 bits per heavy atom. The van der Waals surface area contributed by atoms with Crippen molar-refractivity contribution >= 4 is 5.69 Å². The molecule has 2 heterocycles. The Labute approximate surface area is 180 Å². The molecule has 3 aromatic carbocycles. The summed E-state index contributed by atoms with van der Waals surface area (Å²) >= 11 is 0. The molecule has 2 aliphatic rings. The highest BCUT2D eigenvalue weighted by molar-refractivity contribution is 5.61. The zero-order valence-electron chi connectivity index (χ0n) is 17.1. The predicted octanol–water partition coefficient (Wildman–Crippen LogP) is 6.93. The number of hydrogen-bond acceptors (Lipinski definition) is 2. The second-order valence-electron chi connectivity index (χ2n) is 8.34. The topological polar surface area (TPSA) is 12.5 Å². The van der Waals surface area contributed by atoms with Crippen LogP contribution in [0.25, 0.3) is 0 Å². The van der Waals surface area contributed by atoms with E-state index in [1.165, 1.54) is 17.7 Å². The third kappa shape index (κ3) is 3.83. The van der Waals surface area contributed by atoms with Crippen molar-refractivity contribution in [3.05, 3.63) is 101 Å². The van der Waals surface area contributed by atoms with E-state index in [1.54, 1.807) is 6.07 Å². The van der Waals surface area contributed by atoms with Crippen molar-refractivity contribution in [2.75, 3.05) is 11.5 Å². The molecule has 0 saturated carbocycles. The van der Waals surface area contributed by atoms with Crippen LogP contribution in [0.3, 0.4) is 0 Å². The fourth-order valence-electron chi connectivity index (χ4n) is 5.09. The Morgan fingerprint density at radius 3 is 2.32 bits per heavy atom. The summed E-state index contributed by atoms with van der Waals surface area (Å²) in [7, 11) is 0. The number of anilines is 1.